The number of aromatic nitrogens is 1. The van der Waals surface area contributed by atoms with E-state index in [9.17, 15) is 13.2 Å². The van der Waals surface area contributed by atoms with Gasteiger partial charge in [-0.05, 0) is 25.0 Å². The number of benzene rings is 1. The van der Waals surface area contributed by atoms with Gasteiger partial charge in [-0.15, -0.1) is 0 Å². The van der Waals surface area contributed by atoms with Crippen LogP contribution in [-0.4, -0.2) is 25.2 Å². The number of hydrogen-bond donors (Lipinski definition) is 1. The second-order valence-electron chi connectivity index (χ2n) is 5.75. The van der Waals surface area contributed by atoms with Crippen LogP contribution in [0.5, 0.6) is 0 Å². The van der Waals surface area contributed by atoms with Crippen molar-refractivity contribution in [3.63, 3.8) is 0 Å². The summed E-state index contributed by atoms with van der Waals surface area (Å²) in [5.41, 5.74) is 1.48. The molecule has 3 rings (SSSR count). The smallest absolute Gasteiger partial charge is 0.225 e. The van der Waals surface area contributed by atoms with E-state index in [1.54, 1.807) is 30.3 Å². The lowest BCUT2D eigenvalue weighted by molar-refractivity contribution is -0.115. The van der Waals surface area contributed by atoms with Gasteiger partial charge in [-0.2, -0.15) is 0 Å². The molecular weight excluding hydrogens is 316 g/mol. The zero-order chi connectivity index (χ0) is 16.3. The molecule has 122 valence electrons. The van der Waals surface area contributed by atoms with Gasteiger partial charge in [-0.1, -0.05) is 23.4 Å². The van der Waals surface area contributed by atoms with Gasteiger partial charge in [0.15, 0.2) is 15.6 Å². The van der Waals surface area contributed by atoms with E-state index in [0.29, 0.717) is 17.4 Å². The number of carbonyl (C=O) groups is 1. The predicted octanol–water partition coefficient (Wildman–Crippen LogP) is 2.50. The summed E-state index contributed by atoms with van der Waals surface area (Å²) in [6.07, 6.45) is 2.08. The van der Waals surface area contributed by atoms with Gasteiger partial charge < -0.3 is 9.84 Å². The Balaban J connectivity index is 1.50. The second-order valence-corrected chi connectivity index (χ2v) is 7.93. The van der Waals surface area contributed by atoms with Gasteiger partial charge in [-0.3, -0.25) is 4.79 Å². The maximum absolute atomic E-state index is 12.1. The second kappa shape index (κ2) is 6.54. The van der Waals surface area contributed by atoms with Crippen molar-refractivity contribution in [3.05, 3.63) is 47.9 Å². The van der Waals surface area contributed by atoms with Crippen molar-refractivity contribution in [2.45, 2.75) is 30.9 Å². The number of para-hydroxylation sites is 1. The summed E-state index contributed by atoms with van der Waals surface area (Å²) in [4.78, 5) is 11.8. The average molecular weight is 334 g/mol. The minimum atomic E-state index is -3.41. The van der Waals surface area contributed by atoms with Gasteiger partial charge in [0.25, 0.3) is 0 Å². The first kappa shape index (κ1) is 15.7. The van der Waals surface area contributed by atoms with Crippen LogP contribution in [0.1, 0.15) is 36.6 Å². The van der Waals surface area contributed by atoms with Gasteiger partial charge in [0, 0.05) is 24.1 Å². The summed E-state index contributed by atoms with van der Waals surface area (Å²) in [7, 11) is -3.41. The van der Waals surface area contributed by atoms with Crippen LogP contribution < -0.4 is 5.32 Å². The zero-order valence-electron chi connectivity index (χ0n) is 12.6. The fourth-order valence-electron chi connectivity index (χ4n) is 2.25. The van der Waals surface area contributed by atoms with E-state index in [1.807, 2.05) is 6.07 Å². The normalized spacial score (nSPS) is 14.6. The Bertz CT molecular complexity index is 779. The number of nitrogens with zero attached hydrogens (tertiary/aromatic N) is 1. The molecule has 1 saturated carbocycles. The Morgan fingerprint density at radius 1 is 1.26 bits per heavy atom. The highest BCUT2D eigenvalue weighted by molar-refractivity contribution is 7.90. The maximum atomic E-state index is 12.1. The summed E-state index contributed by atoms with van der Waals surface area (Å²) in [5.74, 6) is 0.00875. The summed E-state index contributed by atoms with van der Waals surface area (Å²) in [5, 5.41) is 6.56. The van der Waals surface area contributed by atoms with Gasteiger partial charge in [0.05, 0.1) is 11.4 Å². The average Bonchev–Trinajstić information content (AvgIpc) is 3.27. The van der Waals surface area contributed by atoms with Gasteiger partial charge >= 0.3 is 0 Å². The zero-order valence-corrected chi connectivity index (χ0v) is 13.4. The quantitative estimate of drug-likeness (QED) is 0.840. The Morgan fingerprint density at radius 2 is 2.00 bits per heavy atom. The lowest BCUT2D eigenvalue weighted by Gasteiger charge is -2.05. The number of rotatable bonds is 7. The van der Waals surface area contributed by atoms with Crippen molar-refractivity contribution in [1.29, 1.82) is 0 Å². The third-order valence-electron chi connectivity index (χ3n) is 3.63. The third kappa shape index (κ3) is 4.66. The molecular formula is C16H18N2O4S. The highest BCUT2D eigenvalue weighted by atomic mass is 32.2. The number of anilines is 1. The Hall–Kier alpha value is -2.15. The molecule has 0 aliphatic heterocycles. The van der Waals surface area contributed by atoms with E-state index < -0.39 is 9.84 Å². The minimum absolute atomic E-state index is 0.0825. The van der Waals surface area contributed by atoms with Crippen molar-refractivity contribution in [3.8, 4) is 0 Å². The van der Waals surface area contributed by atoms with Gasteiger partial charge in [0.1, 0.15) is 5.75 Å². The lowest BCUT2D eigenvalue weighted by Crippen LogP contribution is -2.18. The molecule has 0 bridgehead atoms. The monoisotopic (exact) mass is 334 g/mol. The number of amides is 1. The van der Waals surface area contributed by atoms with Crippen LogP contribution in [0.2, 0.25) is 0 Å². The highest BCUT2D eigenvalue weighted by Crippen LogP contribution is 2.39. The molecule has 7 heteroatoms. The van der Waals surface area contributed by atoms with Crippen molar-refractivity contribution in [1.82, 2.24) is 5.16 Å². The van der Waals surface area contributed by atoms with Crippen LogP contribution in [-0.2, 0) is 20.4 Å². The molecule has 1 amide bonds. The molecule has 1 aromatic heterocycles. The molecule has 1 N–H and O–H groups in total. The van der Waals surface area contributed by atoms with E-state index >= 15 is 0 Å². The number of sulfone groups is 1. The van der Waals surface area contributed by atoms with Crippen molar-refractivity contribution in [2.24, 2.45) is 0 Å². The van der Waals surface area contributed by atoms with E-state index in [-0.39, 0.29) is 23.8 Å². The summed E-state index contributed by atoms with van der Waals surface area (Å²) in [6, 6.07) is 10.6. The Kier molecular flexibility index (Phi) is 4.47. The molecule has 0 spiro atoms. The minimum Gasteiger partial charge on any atom is -0.360 e. The first-order valence-electron chi connectivity index (χ1n) is 7.53. The maximum Gasteiger partial charge on any atom is 0.225 e. The first-order valence-corrected chi connectivity index (χ1v) is 9.35. The number of nitrogens with one attached hydrogen (secondary N) is 1. The Labute approximate surface area is 134 Å². The molecule has 1 fully saturated rings. The number of hydrogen-bond acceptors (Lipinski definition) is 5. The molecule has 2 aromatic rings. The fraction of sp³-hybridized carbons (Fsp3) is 0.375. The predicted molar refractivity (Wildman–Crippen MR) is 85.7 cm³/mol. The molecule has 1 aliphatic carbocycles. The molecule has 0 atom stereocenters. The third-order valence-corrected chi connectivity index (χ3v) is 5.18. The Morgan fingerprint density at radius 3 is 2.70 bits per heavy atom. The van der Waals surface area contributed by atoms with E-state index in [4.69, 9.17) is 4.52 Å². The van der Waals surface area contributed by atoms with Crippen LogP contribution in [0, 0.1) is 0 Å². The standard InChI is InChI=1S/C16H18N2O4S/c19-16(17-13-4-2-1-3-5-13)8-9-23(20,21)11-14-10-15(18-22-14)12-6-7-12/h1-5,10,12H,6-9,11H2,(H,17,19). The van der Waals surface area contributed by atoms with Crippen LogP contribution in [0.4, 0.5) is 5.69 Å². The van der Waals surface area contributed by atoms with Gasteiger partial charge in [0.2, 0.25) is 5.91 Å². The van der Waals surface area contributed by atoms with Gasteiger partial charge in [-0.25, -0.2) is 8.42 Å². The van der Waals surface area contributed by atoms with Crippen LogP contribution in [0.25, 0.3) is 0 Å². The molecule has 0 saturated heterocycles. The van der Waals surface area contributed by atoms with E-state index in [0.717, 1.165) is 18.5 Å². The molecule has 23 heavy (non-hydrogen) atoms. The van der Waals surface area contributed by atoms with Crippen LogP contribution >= 0.6 is 0 Å². The summed E-state index contributed by atoms with van der Waals surface area (Å²) in [6.45, 7) is 0. The molecule has 0 radical (unpaired) electrons. The van der Waals surface area contributed by atoms with Crippen molar-refractivity contribution >= 4 is 21.4 Å². The number of carbonyl (C=O) groups excluding carboxylic acids is 1. The molecule has 1 aromatic carbocycles. The summed E-state index contributed by atoms with van der Waals surface area (Å²) >= 11 is 0. The molecule has 1 aliphatic rings. The largest absolute Gasteiger partial charge is 0.360 e. The SMILES string of the molecule is O=C(CCS(=O)(=O)Cc1cc(C2CC2)no1)Nc1ccccc1. The highest BCUT2D eigenvalue weighted by Gasteiger charge is 2.28. The van der Waals surface area contributed by atoms with Crippen LogP contribution in [0.15, 0.2) is 40.9 Å². The molecule has 6 nitrogen and oxygen atoms in total. The molecule has 1 heterocycles. The summed E-state index contributed by atoms with van der Waals surface area (Å²) < 4.78 is 29.2. The molecule has 0 unspecified atom stereocenters. The van der Waals surface area contributed by atoms with Crippen LogP contribution in [0.3, 0.4) is 0 Å². The fourth-order valence-corrected chi connectivity index (χ4v) is 3.46. The van der Waals surface area contributed by atoms with E-state index in [1.165, 1.54) is 0 Å². The van der Waals surface area contributed by atoms with Crippen molar-refractivity contribution in [2.75, 3.05) is 11.1 Å². The van der Waals surface area contributed by atoms with Crippen molar-refractivity contribution < 1.29 is 17.7 Å². The first-order chi connectivity index (χ1) is 11.0. The lowest BCUT2D eigenvalue weighted by atomic mass is 10.3. The van der Waals surface area contributed by atoms with E-state index in [2.05, 4.69) is 10.5 Å². The topological polar surface area (TPSA) is 89.3 Å².